The Morgan fingerprint density at radius 3 is 2.90 bits per heavy atom. The number of piperidine rings is 1. The van der Waals surface area contributed by atoms with Crippen LogP contribution in [0.5, 0.6) is 0 Å². The van der Waals surface area contributed by atoms with Crippen LogP contribution >= 0.6 is 0 Å². The smallest absolute Gasteiger partial charge is 0.240 e. The number of likely N-dealkylation sites (tertiary alicyclic amines) is 1. The lowest BCUT2D eigenvalue weighted by atomic mass is 9.96. The summed E-state index contributed by atoms with van der Waals surface area (Å²) in [6.07, 6.45) is 4.82. The molecule has 0 saturated carbocycles. The highest BCUT2D eigenvalue weighted by Gasteiger charge is 2.28. The fraction of sp³-hybridized carbons (Fsp3) is 0.867. The molecule has 2 atom stereocenters. The van der Waals surface area contributed by atoms with Gasteiger partial charge in [-0.1, -0.05) is 32.3 Å². The van der Waals surface area contributed by atoms with Crippen LogP contribution < -0.4 is 0 Å². The van der Waals surface area contributed by atoms with Gasteiger partial charge in [0.05, 0.1) is 12.6 Å². The fourth-order valence-corrected chi connectivity index (χ4v) is 2.90. The zero-order valence-corrected chi connectivity index (χ0v) is 12.9. The molecule has 5 heteroatoms. The number of aromatic nitrogens is 2. The predicted molar refractivity (Wildman–Crippen MR) is 77.2 cm³/mol. The highest BCUT2D eigenvalue weighted by Crippen LogP contribution is 2.23. The van der Waals surface area contributed by atoms with E-state index in [4.69, 9.17) is 4.52 Å². The molecule has 0 aliphatic carbocycles. The molecular weight excluding hydrogens is 254 g/mol. The van der Waals surface area contributed by atoms with Crippen molar-refractivity contribution in [2.24, 2.45) is 5.92 Å². The van der Waals surface area contributed by atoms with Crippen molar-refractivity contribution in [3.63, 3.8) is 0 Å². The topological polar surface area (TPSA) is 62.4 Å². The molecule has 20 heavy (non-hydrogen) atoms. The van der Waals surface area contributed by atoms with Crippen LogP contribution in [-0.2, 0) is 13.0 Å². The van der Waals surface area contributed by atoms with Gasteiger partial charge in [0.25, 0.3) is 0 Å². The van der Waals surface area contributed by atoms with Gasteiger partial charge in [0.15, 0.2) is 5.82 Å². The van der Waals surface area contributed by atoms with Crippen molar-refractivity contribution in [1.82, 2.24) is 15.0 Å². The first-order chi connectivity index (χ1) is 9.60. The number of nitrogens with zero attached hydrogens (tertiary/aromatic N) is 3. The summed E-state index contributed by atoms with van der Waals surface area (Å²) in [7, 11) is 0. The molecule has 1 fully saturated rings. The molecule has 1 aliphatic rings. The van der Waals surface area contributed by atoms with E-state index >= 15 is 0 Å². The first kappa shape index (κ1) is 15.4. The van der Waals surface area contributed by atoms with E-state index in [0.717, 1.165) is 31.6 Å². The van der Waals surface area contributed by atoms with E-state index in [-0.39, 0.29) is 12.1 Å². The van der Waals surface area contributed by atoms with Crippen molar-refractivity contribution in [2.45, 2.75) is 71.6 Å². The second-order valence-electron chi connectivity index (χ2n) is 6.21. The van der Waals surface area contributed by atoms with Crippen LogP contribution in [0.4, 0.5) is 0 Å². The van der Waals surface area contributed by atoms with Gasteiger partial charge in [0, 0.05) is 12.5 Å². The summed E-state index contributed by atoms with van der Waals surface area (Å²) in [6, 6.07) is 0.231. The Bertz CT molecular complexity index is 406. The number of aliphatic hydroxyl groups is 1. The molecule has 2 unspecified atom stereocenters. The molecule has 2 rings (SSSR count). The van der Waals surface area contributed by atoms with Gasteiger partial charge in [0.2, 0.25) is 5.89 Å². The van der Waals surface area contributed by atoms with Gasteiger partial charge in [-0.15, -0.1) is 0 Å². The maximum Gasteiger partial charge on any atom is 0.240 e. The monoisotopic (exact) mass is 281 g/mol. The highest BCUT2D eigenvalue weighted by atomic mass is 16.5. The first-order valence-electron chi connectivity index (χ1n) is 7.83. The normalized spacial score (nSPS) is 22.4. The maximum atomic E-state index is 10.1. The zero-order valence-electron chi connectivity index (χ0n) is 12.9. The molecule has 0 bridgehead atoms. The van der Waals surface area contributed by atoms with E-state index in [2.05, 4.69) is 28.9 Å². The summed E-state index contributed by atoms with van der Waals surface area (Å²) < 4.78 is 5.35. The number of hydrogen-bond donors (Lipinski definition) is 1. The van der Waals surface area contributed by atoms with Crippen molar-refractivity contribution in [3.05, 3.63) is 11.7 Å². The largest absolute Gasteiger partial charge is 0.392 e. The Balaban J connectivity index is 1.97. The number of hydrogen-bond acceptors (Lipinski definition) is 5. The molecule has 2 heterocycles. The second kappa shape index (κ2) is 7.18. The van der Waals surface area contributed by atoms with Gasteiger partial charge in [-0.3, -0.25) is 4.90 Å². The molecule has 5 nitrogen and oxygen atoms in total. The summed E-state index contributed by atoms with van der Waals surface area (Å²) in [5, 5.41) is 14.2. The van der Waals surface area contributed by atoms with Gasteiger partial charge < -0.3 is 9.63 Å². The first-order valence-corrected chi connectivity index (χ1v) is 7.83. The van der Waals surface area contributed by atoms with Crippen LogP contribution in [0.1, 0.15) is 58.2 Å². The van der Waals surface area contributed by atoms with Crippen LogP contribution in [-0.4, -0.2) is 38.8 Å². The van der Waals surface area contributed by atoms with Gasteiger partial charge in [-0.25, -0.2) is 0 Å². The molecule has 0 radical (unpaired) electrons. The Morgan fingerprint density at radius 2 is 2.20 bits per heavy atom. The van der Waals surface area contributed by atoms with E-state index in [1.807, 2.05) is 6.92 Å². The van der Waals surface area contributed by atoms with Gasteiger partial charge in [0.1, 0.15) is 0 Å². The minimum Gasteiger partial charge on any atom is -0.392 e. The molecule has 1 aromatic rings. The fourth-order valence-electron chi connectivity index (χ4n) is 2.90. The van der Waals surface area contributed by atoms with Crippen molar-refractivity contribution in [3.8, 4) is 0 Å². The number of rotatable bonds is 6. The summed E-state index contributed by atoms with van der Waals surface area (Å²) in [5.74, 6) is 2.00. The second-order valence-corrected chi connectivity index (χ2v) is 6.21. The predicted octanol–water partition coefficient (Wildman–Crippen LogP) is 2.39. The maximum absolute atomic E-state index is 10.1. The molecule has 1 aromatic heterocycles. The zero-order chi connectivity index (χ0) is 14.5. The van der Waals surface area contributed by atoms with Gasteiger partial charge in [-0.2, -0.15) is 4.98 Å². The van der Waals surface area contributed by atoms with Crippen molar-refractivity contribution in [2.75, 3.05) is 6.54 Å². The van der Waals surface area contributed by atoms with E-state index < -0.39 is 0 Å². The van der Waals surface area contributed by atoms with E-state index in [0.29, 0.717) is 18.4 Å². The van der Waals surface area contributed by atoms with E-state index in [1.54, 1.807) is 0 Å². The van der Waals surface area contributed by atoms with Gasteiger partial charge in [-0.05, 0) is 31.7 Å². The Kier molecular flexibility index (Phi) is 5.54. The summed E-state index contributed by atoms with van der Waals surface area (Å²) in [5.41, 5.74) is 0. The van der Waals surface area contributed by atoms with Crippen LogP contribution in [0.3, 0.4) is 0 Å². The average Bonchev–Trinajstić information content (AvgIpc) is 2.85. The van der Waals surface area contributed by atoms with Crippen LogP contribution in [0.15, 0.2) is 4.52 Å². The van der Waals surface area contributed by atoms with Crippen LogP contribution in [0.2, 0.25) is 0 Å². The molecule has 1 N–H and O–H groups in total. The number of aliphatic hydroxyl groups excluding tert-OH is 1. The minimum atomic E-state index is -0.256. The molecule has 0 spiro atoms. The standard InChI is InChI=1S/C15H27N3O2/c1-4-13(19)12-7-5-6-8-18(12)10-15-16-14(17-20-15)9-11(2)3/h11-13,19H,4-10H2,1-3H3. The average molecular weight is 281 g/mol. The lowest BCUT2D eigenvalue weighted by Gasteiger charge is -2.37. The molecule has 1 saturated heterocycles. The third kappa shape index (κ3) is 4.03. The SMILES string of the molecule is CCC(O)C1CCCCN1Cc1nc(CC(C)C)no1. The van der Waals surface area contributed by atoms with Crippen LogP contribution in [0.25, 0.3) is 0 Å². The third-order valence-electron chi connectivity index (χ3n) is 3.97. The summed E-state index contributed by atoms with van der Waals surface area (Å²) in [4.78, 5) is 6.76. The Morgan fingerprint density at radius 1 is 1.40 bits per heavy atom. The molecule has 1 aliphatic heterocycles. The van der Waals surface area contributed by atoms with Crippen molar-refractivity contribution < 1.29 is 9.63 Å². The lowest BCUT2D eigenvalue weighted by Crippen LogP contribution is -2.46. The quantitative estimate of drug-likeness (QED) is 0.867. The third-order valence-corrected chi connectivity index (χ3v) is 3.97. The van der Waals surface area contributed by atoms with E-state index in [1.165, 1.54) is 12.8 Å². The summed E-state index contributed by atoms with van der Waals surface area (Å²) >= 11 is 0. The molecule has 114 valence electrons. The molecular formula is C15H27N3O2. The molecule has 0 aromatic carbocycles. The van der Waals surface area contributed by atoms with Gasteiger partial charge >= 0.3 is 0 Å². The van der Waals surface area contributed by atoms with Crippen molar-refractivity contribution >= 4 is 0 Å². The van der Waals surface area contributed by atoms with Crippen molar-refractivity contribution in [1.29, 1.82) is 0 Å². The Labute approximate surface area is 121 Å². The van der Waals surface area contributed by atoms with E-state index in [9.17, 15) is 5.11 Å². The molecule has 0 amide bonds. The lowest BCUT2D eigenvalue weighted by molar-refractivity contribution is 0.0145. The van der Waals surface area contributed by atoms with Crippen LogP contribution in [0, 0.1) is 5.92 Å². The minimum absolute atomic E-state index is 0.231. The Hall–Kier alpha value is -0.940. The highest BCUT2D eigenvalue weighted by molar-refractivity contribution is 4.90. The summed E-state index contributed by atoms with van der Waals surface area (Å²) in [6.45, 7) is 7.99.